The third-order valence-electron chi connectivity index (χ3n) is 3.54. The Morgan fingerprint density at radius 1 is 1.17 bits per heavy atom. The van der Waals surface area contributed by atoms with Crippen LogP contribution in [-0.4, -0.2) is 40.6 Å². The zero-order valence-electron chi connectivity index (χ0n) is 13.4. The third-order valence-corrected chi connectivity index (χ3v) is 3.78. The average Bonchev–Trinajstić information content (AvgIpc) is 2.56. The number of rotatable bonds is 7. The minimum atomic E-state index is -0.0898. The van der Waals surface area contributed by atoms with Crippen LogP contribution in [0.4, 0.5) is 5.82 Å². The van der Waals surface area contributed by atoms with Crippen LogP contribution < -0.4 is 5.32 Å². The fourth-order valence-corrected chi connectivity index (χ4v) is 2.45. The molecule has 2 aromatic rings. The number of carbonyl (C=O) groups excluding carboxylic acids is 1. The molecule has 6 heteroatoms. The number of nitrogens with zero attached hydrogens (tertiary/aromatic N) is 3. The van der Waals surface area contributed by atoms with E-state index in [0.717, 1.165) is 23.6 Å². The molecule has 2 rings (SSSR count). The second-order valence-electron chi connectivity index (χ2n) is 5.09. The number of hydrogen-bond acceptors (Lipinski definition) is 4. The Kier molecular flexibility index (Phi) is 6.35. The lowest BCUT2D eigenvalue weighted by Crippen LogP contribution is -2.31. The van der Waals surface area contributed by atoms with Crippen molar-refractivity contribution in [2.45, 2.75) is 20.3 Å². The molecule has 0 spiro atoms. The smallest absolute Gasteiger partial charge is 0.274 e. The minimum Gasteiger partial charge on any atom is -0.368 e. The predicted molar refractivity (Wildman–Crippen MR) is 92.9 cm³/mol. The normalized spacial score (nSPS) is 10.4. The molecule has 0 unspecified atom stereocenters. The van der Waals surface area contributed by atoms with E-state index >= 15 is 0 Å². The van der Waals surface area contributed by atoms with Gasteiger partial charge in [-0.25, -0.2) is 0 Å². The molecule has 0 aliphatic rings. The standard InChI is InChI=1S/C17H21ClN4O/c1-3-22(4-2)17(23)15-8-9-16(21-20-15)19-11-10-13-6-5-7-14(18)12-13/h5-9,12H,3-4,10-11H2,1-2H3,(H,19,21). The van der Waals surface area contributed by atoms with Crippen LogP contribution in [0.25, 0.3) is 0 Å². The summed E-state index contributed by atoms with van der Waals surface area (Å²) < 4.78 is 0. The molecule has 0 aliphatic heterocycles. The van der Waals surface area contributed by atoms with Gasteiger partial charge in [-0.3, -0.25) is 4.79 Å². The van der Waals surface area contributed by atoms with Gasteiger partial charge in [0.25, 0.3) is 5.91 Å². The van der Waals surface area contributed by atoms with Gasteiger partial charge in [-0.15, -0.1) is 10.2 Å². The molecule has 1 amide bonds. The van der Waals surface area contributed by atoms with Gasteiger partial charge in [0.1, 0.15) is 5.82 Å². The van der Waals surface area contributed by atoms with Gasteiger partial charge in [0.15, 0.2) is 5.69 Å². The summed E-state index contributed by atoms with van der Waals surface area (Å²) in [5.74, 6) is 0.566. The first-order valence-electron chi connectivity index (χ1n) is 7.75. The fourth-order valence-electron chi connectivity index (χ4n) is 2.24. The van der Waals surface area contributed by atoms with Gasteiger partial charge < -0.3 is 10.2 Å². The van der Waals surface area contributed by atoms with Crippen molar-refractivity contribution in [3.8, 4) is 0 Å². The molecule has 0 fully saturated rings. The summed E-state index contributed by atoms with van der Waals surface area (Å²) in [7, 11) is 0. The fraction of sp³-hybridized carbons (Fsp3) is 0.353. The van der Waals surface area contributed by atoms with Crippen molar-refractivity contribution < 1.29 is 4.79 Å². The molecule has 1 heterocycles. The SMILES string of the molecule is CCN(CC)C(=O)c1ccc(NCCc2cccc(Cl)c2)nn1. The van der Waals surface area contributed by atoms with E-state index in [0.29, 0.717) is 24.6 Å². The third kappa shape index (κ3) is 4.93. The second-order valence-corrected chi connectivity index (χ2v) is 5.52. The van der Waals surface area contributed by atoms with E-state index in [1.165, 1.54) is 0 Å². The Balaban J connectivity index is 1.89. The highest BCUT2D eigenvalue weighted by Gasteiger charge is 2.14. The molecule has 0 saturated heterocycles. The van der Waals surface area contributed by atoms with Crippen LogP contribution in [-0.2, 0) is 6.42 Å². The highest BCUT2D eigenvalue weighted by molar-refractivity contribution is 6.30. The zero-order valence-corrected chi connectivity index (χ0v) is 14.2. The van der Waals surface area contributed by atoms with Gasteiger partial charge in [0.2, 0.25) is 0 Å². The predicted octanol–water partition coefficient (Wildman–Crippen LogP) is 3.27. The molecular formula is C17H21ClN4O. The summed E-state index contributed by atoms with van der Waals surface area (Å²) in [6.07, 6.45) is 0.836. The van der Waals surface area contributed by atoms with Gasteiger partial charge in [0.05, 0.1) is 0 Å². The Hall–Kier alpha value is -2.14. The lowest BCUT2D eigenvalue weighted by Gasteiger charge is -2.17. The zero-order chi connectivity index (χ0) is 16.7. The molecule has 1 aromatic carbocycles. The summed E-state index contributed by atoms with van der Waals surface area (Å²) in [5, 5.41) is 12.0. The summed E-state index contributed by atoms with van der Waals surface area (Å²) in [5.41, 5.74) is 1.53. The van der Waals surface area contributed by atoms with E-state index < -0.39 is 0 Å². The van der Waals surface area contributed by atoms with E-state index in [-0.39, 0.29) is 5.91 Å². The summed E-state index contributed by atoms with van der Waals surface area (Å²) in [6.45, 7) is 5.94. The lowest BCUT2D eigenvalue weighted by atomic mass is 10.1. The maximum absolute atomic E-state index is 12.1. The topological polar surface area (TPSA) is 58.1 Å². The highest BCUT2D eigenvalue weighted by atomic mass is 35.5. The number of anilines is 1. The molecule has 1 N–H and O–H groups in total. The average molecular weight is 333 g/mol. The monoisotopic (exact) mass is 332 g/mol. The molecule has 5 nitrogen and oxygen atoms in total. The van der Waals surface area contributed by atoms with E-state index in [4.69, 9.17) is 11.6 Å². The van der Waals surface area contributed by atoms with Crippen LogP contribution in [0.5, 0.6) is 0 Å². The Bertz CT molecular complexity index is 641. The van der Waals surface area contributed by atoms with E-state index in [1.807, 2.05) is 38.1 Å². The quantitative estimate of drug-likeness (QED) is 0.845. The van der Waals surface area contributed by atoms with Crippen LogP contribution >= 0.6 is 11.6 Å². The summed E-state index contributed by atoms with van der Waals surface area (Å²) in [6, 6.07) is 11.3. The number of amides is 1. The minimum absolute atomic E-state index is 0.0898. The van der Waals surface area contributed by atoms with Gasteiger partial charge in [0, 0.05) is 24.7 Å². The number of benzene rings is 1. The Labute approximate surface area is 141 Å². The first-order chi connectivity index (χ1) is 11.1. The van der Waals surface area contributed by atoms with Crippen LogP contribution in [0.3, 0.4) is 0 Å². The van der Waals surface area contributed by atoms with Crippen LogP contribution in [0.1, 0.15) is 29.9 Å². The molecule has 0 aliphatic carbocycles. The Morgan fingerprint density at radius 3 is 2.57 bits per heavy atom. The molecular weight excluding hydrogens is 312 g/mol. The lowest BCUT2D eigenvalue weighted by molar-refractivity contribution is 0.0766. The molecule has 0 radical (unpaired) electrons. The molecule has 0 bridgehead atoms. The number of halogens is 1. The molecule has 0 saturated carbocycles. The second kappa shape index (κ2) is 8.48. The highest BCUT2D eigenvalue weighted by Crippen LogP contribution is 2.11. The van der Waals surface area contributed by atoms with Gasteiger partial charge in [-0.1, -0.05) is 23.7 Å². The molecule has 1 aromatic heterocycles. The maximum atomic E-state index is 12.1. The summed E-state index contributed by atoms with van der Waals surface area (Å²) in [4.78, 5) is 13.9. The van der Waals surface area contributed by atoms with Crippen molar-refractivity contribution in [3.05, 3.63) is 52.7 Å². The van der Waals surface area contributed by atoms with E-state index in [9.17, 15) is 4.79 Å². The van der Waals surface area contributed by atoms with E-state index in [1.54, 1.807) is 17.0 Å². The molecule has 23 heavy (non-hydrogen) atoms. The van der Waals surface area contributed by atoms with Crippen molar-refractivity contribution in [1.82, 2.24) is 15.1 Å². The van der Waals surface area contributed by atoms with Crippen molar-refractivity contribution in [1.29, 1.82) is 0 Å². The number of aromatic nitrogens is 2. The number of hydrogen-bond donors (Lipinski definition) is 1. The van der Waals surface area contributed by atoms with Crippen molar-refractivity contribution in [2.75, 3.05) is 25.0 Å². The summed E-state index contributed by atoms with van der Waals surface area (Å²) >= 11 is 5.96. The molecule has 122 valence electrons. The van der Waals surface area contributed by atoms with Crippen LogP contribution in [0.15, 0.2) is 36.4 Å². The largest absolute Gasteiger partial charge is 0.368 e. The molecule has 0 atom stereocenters. The number of nitrogens with one attached hydrogen (secondary N) is 1. The number of carbonyl (C=O) groups is 1. The first kappa shape index (κ1) is 17.2. The van der Waals surface area contributed by atoms with Gasteiger partial charge in [-0.05, 0) is 50.1 Å². The maximum Gasteiger partial charge on any atom is 0.274 e. The van der Waals surface area contributed by atoms with Crippen molar-refractivity contribution in [3.63, 3.8) is 0 Å². The van der Waals surface area contributed by atoms with Crippen molar-refractivity contribution in [2.24, 2.45) is 0 Å². The van der Waals surface area contributed by atoms with Crippen molar-refractivity contribution >= 4 is 23.3 Å². The van der Waals surface area contributed by atoms with Gasteiger partial charge in [-0.2, -0.15) is 0 Å². The van der Waals surface area contributed by atoms with Crippen LogP contribution in [0.2, 0.25) is 5.02 Å². The first-order valence-corrected chi connectivity index (χ1v) is 8.13. The van der Waals surface area contributed by atoms with Crippen LogP contribution in [0, 0.1) is 0 Å². The van der Waals surface area contributed by atoms with Gasteiger partial charge >= 0.3 is 0 Å². The van der Waals surface area contributed by atoms with E-state index in [2.05, 4.69) is 15.5 Å². The Morgan fingerprint density at radius 2 is 1.96 bits per heavy atom.